The summed E-state index contributed by atoms with van der Waals surface area (Å²) in [5, 5.41) is 18.8. The van der Waals surface area contributed by atoms with Crippen LogP contribution in [0.3, 0.4) is 0 Å². The quantitative estimate of drug-likeness (QED) is 0.741. The van der Waals surface area contributed by atoms with Crippen molar-refractivity contribution < 1.29 is 15.0 Å². The largest absolute Gasteiger partial charge is 0.392 e. The first kappa shape index (κ1) is 16.6. The van der Waals surface area contributed by atoms with Crippen molar-refractivity contribution in [2.45, 2.75) is 19.1 Å². The lowest BCUT2D eigenvalue weighted by molar-refractivity contribution is 0.0759. The maximum atomic E-state index is 12.6. The fourth-order valence-electron chi connectivity index (χ4n) is 3.13. The molecule has 0 spiro atoms. The van der Waals surface area contributed by atoms with Gasteiger partial charge in [-0.15, -0.1) is 0 Å². The summed E-state index contributed by atoms with van der Waals surface area (Å²) >= 11 is 0. The summed E-state index contributed by atoms with van der Waals surface area (Å²) in [6.45, 7) is 0.824. The van der Waals surface area contributed by atoms with Crippen molar-refractivity contribution in [3.8, 4) is 11.1 Å². The third kappa shape index (κ3) is 3.02. The molecule has 132 valence electrons. The summed E-state index contributed by atoms with van der Waals surface area (Å²) in [4.78, 5) is 27.3. The first-order chi connectivity index (χ1) is 12.7. The van der Waals surface area contributed by atoms with Crippen LogP contribution in [0.4, 0.5) is 0 Å². The molecule has 7 heteroatoms. The summed E-state index contributed by atoms with van der Waals surface area (Å²) in [7, 11) is 0. The van der Waals surface area contributed by atoms with E-state index < -0.39 is 6.10 Å². The number of aliphatic hydroxyl groups is 2. The minimum atomic E-state index is -0.475. The third-order valence-electron chi connectivity index (χ3n) is 4.57. The van der Waals surface area contributed by atoms with Gasteiger partial charge in [0.05, 0.1) is 25.1 Å². The molecular weight excluding hydrogens is 332 g/mol. The van der Waals surface area contributed by atoms with Gasteiger partial charge >= 0.3 is 0 Å². The lowest BCUT2D eigenvalue weighted by atomic mass is 10.0. The molecular formula is C19H18N4O3. The number of hydrogen-bond acceptors (Lipinski definition) is 6. The molecule has 1 atom stereocenters. The Morgan fingerprint density at radius 2 is 2.00 bits per heavy atom. The second kappa shape index (κ2) is 6.78. The zero-order valence-electron chi connectivity index (χ0n) is 14.0. The van der Waals surface area contributed by atoms with E-state index in [4.69, 9.17) is 0 Å². The van der Waals surface area contributed by atoms with E-state index >= 15 is 0 Å². The van der Waals surface area contributed by atoms with Gasteiger partial charge < -0.3 is 15.1 Å². The van der Waals surface area contributed by atoms with Crippen LogP contribution < -0.4 is 0 Å². The number of rotatable bonds is 3. The Balaban J connectivity index is 1.75. The molecule has 7 nitrogen and oxygen atoms in total. The van der Waals surface area contributed by atoms with Gasteiger partial charge in [0, 0.05) is 24.8 Å². The van der Waals surface area contributed by atoms with Crippen LogP contribution in [0.25, 0.3) is 22.2 Å². The van der Waals surface area contributed by atoms with E-state index in [9.17, 15) is 15.0 Å². The van der Waals surface area contributed by atoms with Crippen LogP contribution in [0.15, 0.2) is 42.9 Å². The van der Waals surface area contributed by atoms with Gasteiger partial charge in [-0.25, -0.2) is 4.98 Å². The minimum absolute atomic E-state index is 0.0196. The molecule has 3 heterocycles. The van der Waals surface area contributed by atoms with Gasteiger partial charge in [0.2, 0.25) is 0 Å². The van der Waals surface area contributed by atoms with E-state index in [2.05, 4.69) is 15.0 Å². The summed E-state index contributed by atoms with van der Waals surface area (Å²) < 4.78 is 0. The third-order valence-corrected chi connectivity index (χ3v) is 4.57. The van der Waals surface area contributed by atoms with Crippen molar-refractivity contribution in [3.63, 3.8) is 0 Å². The minimum Gasteiger partial charge on any atom is -0.392 e. The smallest absolute Gasteiger partial charge is 0.274 e. The van der Waals surface area contributed by atoms with Crippen LogP contribution in [0.5, 0.6) is 0 Å². The molecule has 1 aliphatic rings. The Morgan fingerprint density at radius 3 is 2.69 bits per heavy atom. The zero-order valence-corrected chi connectivity index (χ0v) is 14.0. The number of fused-ring (bicyclic) bond motifs is 1. The fraction of sp³-hybridized carbons (Fsp3) is 0.263. The Labute approximate surface area is 150 Å². The van der Waals surface area contributed by atoms with Crippen molar-refractivity contribution in [2.75, 3.05) is 13.1 Å². The van der Waals surface area contributed by atoms with E-state index in [1.54, 1.807) is 17.3 Å². The Kier molecular flexibility index (Phi) is 4.32. The maximum absolute atomic E-state index is 12.6. The molecule has 0 aliphatic carbocycles. The number of carbonyl (C=O) groups excluding carboxylic acids is 1. The first-order valence-corrected chi connectivity index (χ1v) is 8.44. The fourth-order valence-corrected chi connectivity index (χ4v) is 3.13. The molecule has 1 aliphatic heterocycles. The lowest BCUT2D eigenvalue weighted by Crippen LogP contribution is -2.30. The number of aromatic nitrogens is 3. The van der Waals surface area contributed by atoms with Gasteiger partial charge in [-0.3, -0.25) is 14.8 Å². The van der Waals surface area contributed by atoms with Crippen molar-refractivity contribution in [3.05, 3.63) is 54.1 Å². The number of nitrogens with zero attached hydrogens (tertiary/aromatic N) is 4. The van der Waals surface area contributed by atoms with Crippen LogP contribution in [0, 0.1) is 0 Å². The van der Waals surface area contributed by atoms with E-state index in [1.165, 1.54) is 6.20 Å². The van der Waals surface area contributed by atoms with Crippen LogP contribution in [-0.2, 0) is 6.61 Å². The van der Waals surface area contributed by atoms with E-state index in [0.717, 1.165) is 16.7 Å². The van der Waals surface area contributed by atoms with Gasteiger partial charge in [0.15, 0.2) is 0 Å². The molecule has 1 amide bonds. The summed E-state index contributed by atoms with van der Waals surface area (Å²) in [5.41, 5.74) is 3.93. The Morgan fingerprint density at radius 1 is 1.19 bits per heavy atom. The highest BCUT2D eigenvalue weighted by Gasteiger charge is 2.26. The molecule has 1 saturated heterocycles. The standard InChI is InChI=1S/C19H18N4O3/c24-11-12-1-3-13(4-2-12)15-7-20-8-16-18(15)22-17(9-21-16)19(26)23-6-5-14(25)10-23/h1-4,7-9,14,24-25H,5-6,10-11H2. The van der Waals surface area contributed by atoms with Gasteiger partial charge in [0.1, 0.15) is 16.7 Å². The lowest BCUT2D eigenvalue weighted by Gasteiger charge is -2.15. The van der Waals surface area contributed by atoms with Gasteiger partial charge in [-0.2, -0.15) is 0 Å². The number of likely N-dealkylation sites (tertiary alicyclic amines) is 1. The van der Waals surface area contributed by atoms with Crippen molar-refractivity contribution in [2.24, 2.45) is 0 Å². The predicted molar refractivity (Wildman–Crippen MR) is 95.2 cm³/mol. The topological polar surface area (TPSA) is 99.4 Å². The van der Waals surface area contributed by atoms with Crippen LogP contribution >= 0.6 is 0 Å². The van der Waals surface area contributed by atoms with Gasteiger partial charge in [0.25, 0.3) is 5.91 Å². The molecule has 0 saturated carbocycles. The highest BCUT2D eigenvalue weighted by Crippen LogP contribution is 2.26. The van der Waals surface area contributed by atoms with Crippen molar-refractivity contribution in [1.29, 1.82) is 0 Å². The van der Waals surface area contributed by atoms with Gasteiger partial charge in [-0.05, 0) is 17.5 Å². The molecule has 1 unspecified atom stereocenters. The van der Waals surface area contributed by atoms with E-state index in [-0.39, 0.29) is 18.2 Å². The average molecular weight is 350 g/mol. The van der Waals surface area contributed by atoms with E-state index in [0.29, 0.717) is 30.5 Å². The SMILES string of the molecule is O=C(c1cnc2cncc(-c3ccc(CO)cc3)c2n1)N1CCC(O)C1. The molecule has 26 heavy (non-hydrogen) atoms. The molecule has 2 aromatic heterocycles. The number of β-amino-alcohol motifs (C(OH)–C–C–N with tert-alkyl or cyclic N) is 1. The number of amides is 1. The number of aliphatic hydroxyl groups excluding tert-OH is 2. The molecule has 2 N–H and O–H groups in total. The first-order valence-electron chi connectivity index (χ1n) is 8.44. The summed E-state index contributed by atoms with van der Waals surface area (Å²) in [5.74, 6) is -0.227. The normalized spacial score (nSPS) is 17.0. The number of benzene rings is 1. The van der Waals surface area contributed by atoms with Gasteiger partial charge in [-0.1, -0.05) is 24.3 Å². The van der Waals surface area contributed by atoms with Crippen LogP contribution in [0.1, 0.15) is 22.5 Å². The summed E-state index contributed by atoms with van der Waals surface area (Å²) in [6, 6.07) is 7.44. The molecule has 1 aromatic carbocycles. The highest BCUT2D eigenvalue weighted by molar-refractivity contribution is 5.96. The second-order valence-electron chi connectivity index (χ2n) is 6.36. The number of pyridine rings is 1. The second-order valence-corrected chi connectivity index (χ2v) is 6.36. The zero-order chi connectivity index (χ0) is 18.1. The average Bonchev–Trinajstić information content (AvgIpc) is 3.13. The highest BCUT2D eigenvalue weighted by atomic mass is 16.3. The molecule has 1 fully saturated rings. The maximum Gasteiger partial charge on any atom is 0.274 e. The van der Waals surface area contributed by atoms with Crippen molar-refractivity contribution in [1.82, 2.24) is 19.9 Å². The summed E-state index contributed by atoms with van der Waals surface area (Å²) in [6.07, 6.45) is 4.87. The van der Waals surface area contributed by atoms with Crippen LogP contribution in [-0.4, -0.2) is 55.2 Å². The Hall–Kier alpha value is -2.90. The molecule has 0 radical (unpaired) electrons. The predicted octanol–water partition coefficient (Wildman–Crippen LogP) is 1.39. The molecule has 4 rings (SSSR count). The number of carbonyl (C=O) groups is 1. The Bertz CT molecular complexity index is 959. The van der Waals surface area contributed by atoms with E-state index in [1.807, 2.05) is 24.3 Å². The number of hydrogen-bond donors (Lipinski definition) is 2. The molecule has 0 bridgehead atoms. The van der Waals surface area contributed by atoms with Crippen LogP contribution in [0.2, 0.25) is 0 Å². The van der Waals surface area contributed by atoms with Crippen molar-refractivity contribution >= 4 is 16.9 Å². The monoisotopic (exact) mass is 350 g/mol. The molecule has 3 aromatic rings.